The third kappa shape index (κ3) is 3.26. The van der Waals surface area contributed by atoms with Crippen molar-refractivity contribution in [3.05, 3.63) is 47.5 Å². The number of rotatable bonds is 5. The lowest BCUT2D eigenvalue weighted by Gasteiger charge is -2.10. The Morgan fingerprint density at radius 2 is 1.96 bits per heavy atom. The summed E-state index contributed by atoms with van der Waals surface area (Å²) < 4.78 is 11.4. The van der Waals surface area contributed by atoms with Crippen molar-refractivity contribution in [2.75, 3.05) is 20.0 Å². The topological polar surface area (TPSA) is 86.5 Å². The number of benzene rings is 2. The Morgan fingerprint density at radius 1 is 1.17 bits per heavy atom. The molecule has 0 saturated heterocycles. The van der Waals surface area contributed by atoms with E-state index < -0.39 is 0 Å². The Bertz CT molecular complexity index is 892. The van der Waals surface area contributed by atoms with E-state index in [1.54, 1.807) is 32.4 Å². The fraction of sp³-hybridized carbons (Fsp3) is 0.176. The maximum Gasteiger partial charge on any atom is 0.251 e. The first kappa shape index (κ1) is 16.1. The number of ether oxygens (including phenoxy) is 2. The summed E-state index contributed by atoms with van der Waals surface area (Å²) in [5.74, 6) is 1.13. The zero-order valence-corrected chi connectivity index (χ0v) is 14.1. The monoisotopic (exact) mass is 343 g/mol. The summed E-state index contributed by atoms with van der Waals surface area (Å²) in [6.45, 7) is 0.391. The van der Waals surface area contributed by atoms with Crippen molar-refractivity contribution in [3.8, 4) is 11.5 Å². The van der Waals surface area contributed by atoms with E-state index in [0.29, 0.717) is 28.7 Å². The van der Waals surface area contributed by atoms with E-state index >= 15 is 0 Å². The predicted molar refractivity (Wildman–Crippen MR) is 94.7 cm³/mol. The van der Waals surface area contributed by atoms with Crippen molar-refractivity contribution >= 4 is 32.6 Å². The van der Waals surface area contributed by atoms with Crippen LogP contribution in [0.3, 0.4) is 0 Å². The normalized spacial score (nSPS) is 10.6. The minimum Gasteiger partial charge on any atom is -0.493 e. The molecule has 24 heavy (non-hydrogen) atoms. The number of carbonyl (C=O) groups excluding carboxylic acids is 1. The lowest BCUT2D eigenvalue weighted by molar-refractivity contribution is 0.0951. The number of nitrogens with zero attached hydrogens (tertiary/aromatic N) is 1. The van der Waals surface area contributed by atoms with Gasteiger partial charge in [0.05, 0.1) is 24.4 Å². The van der Waals surface area contributed by atoms with Gasteiger partial charge in [-0.3, -0.25) is 4.79 Å². The minimum atomic E-state index is -0.154. The molecule has 3 rings (SSSR count). The van der Waals surface area contributed by atoms with Gasteiger partial charge in [-0.25, -0.2) is 4.98 Å². The second-order valence-electron chi connectivity index (χ2n) is 5.11. The van der Waals surface area contributed by atoms with Gasteiger partial charge in [-0.2, -0.15) is 0 Å². The molecule has 0 aliphatic rings. The number of nitrogens with one attached hydrogen (secondary N) is 1. The number of hydrogen-bond donors (Lipinski definition) is 2. The van der Waals surface area contributed by atoms with Crippen molar-refractivity contribution in [3.63, 3.8) is 0 Å². The van der Waals surface area contributed by atoms with E-state index in [2.05, 4.69) is 10.3 Å². The molecule has 0 spiro atoms. The van der Waals surface area contributed by atoms with Crippen molar-refractivity contribution in [2.24, 2.45) is 0 Å². The Balaban J connectivity index is 1.72. The first-order chi connectivity index (χ1) is 11.6. The van der Waals surface area contributed by atoms with E-state index in [0.717, 1.165) is 15.8 Å². The van der Waals surface area contributed by atoms with Crippen molar-refractivity contribution in [1.29, 1.82) is 0 Å². The lowest BCUT2D eigenvalue weighted by atomic mass is 10.1. The molecule has 6 nitrogen and oxygen atoms in total. The summed E-state index contributed by atoms with van der Waals surface area (Å²) in [4.78, 5) is 16.5. The van der Waals surface area contributed by atoms with E-state index in [1.165, 1.54) is 11.3 Å². The fourth-order valence-electron chi connectivity index (χ4n) is 2.36. The standard InChI is InChI=1S/C17H17N3O3S/c1-22-13-6-3-10(7-14(13)23-2)9-19-16(21)11-4-5-12-15(8-11)24-17(18)20-12/h3-8H,9H2,1-2H3,(H2,18,20)(H,19,21). The zero-order chi connectivity index (χ0) is 17.1. The van der Waals surface area contributed by atoms with Crippen LogP contribution in [0.2, 0.25) is 0 Å². The van der Waals surface area contributed by atoms with E-state index in [9.17, 15) is 4.79 Å². The molecule has 1 aromatic heterocycles. The van der Waals surface area contributed by atoms with Crippen LogP contribution in [0.4, 0.5) is 5.13 Å². The van der Waals surface area contributed by atoms with Gasteiger partial charge in [0, 0.05) is 12.1 Å². The van der Waals surface area contributed by atoms with Crippen LogP contribution in [0.15, 0.2) is 36.4 Å². The summed E-state index contributed by atoms with van der Waals surface area (Å²) >= 11 is 1.36. The Kier molecular flexibility index (Phi) is 4.52. The van der Waals surface area contributed by atoms with Crippen molar-refractivity contribution in [1.82, 2.24) is 10.3 Å². The second kappa shape index (κ2) is 6.76. The predicted octanol–water partition coefficient (Wildman–Crippen LogP) is 2.83. The molecule has 0 fully saturated rings. The average Bonchev–Trinajstić information content (AvgIpc) is 2.98. The molecule has 7 heteroatoms. The highest BCUT2D eigenvalue weighted by Gasteiger charge is 2.10. The van der Waals surface area contributed by atoms with Crippen LogP contribution >= 0.6 is 11.3 Å². The molecule has 2 aromatic carbocycles. The van der Waals surface area contributed by atoms with Crippen molar-refractivity contribution in [2.45, 2.75) is 6.54 Å². The number of nitrogen functional groups attached to an aromatic ring is 1. The second-order valence-corrected chi connectivity index (χ2v) is 6.17. The number of nitrogens with two attached hydrogens (primary N) is 1. The molecule has 0 unspecified atom stereocenters. The molecule has 1 amide bonds. The molecule has 0 radical (unpaired) electrons. The van der Waals surface area contributed by atoms with Crippen LogP contribution in [0.25, 0.3) is 10.2 Å². The highest BCUT2D eigenvalue weighted by molar-refractivity contribution is 7.22. The van der Waals surface area contributed by atoms with Crippen molar-refractivity contribution < 1.29 is 14.3 Å². The van der Waals surface area contributed by atoms with Gasteiger partial charge in [0.25, 0.3) is 5.91 Å². The summed E-state index contributed by atoms with van der Waals surface area (Å²) in [7, 11) is 3.16. The van der Waals surface area contributed by atoms with Gasteiger partial charge >= 0.3 is 0 Å². The van der Waals surface area contributed by atoms with Crippen LogP contribution in [0.1, 0.15) is 15.9 Å². The smallest absolute Gasteiger partial charge is 0.251 e. The van der Waals surface area contributed by atoms with E-state index in [-0.39, 0.29) is 5.91 Å². The molecule has 1 heterocycles. The SMILES string of the molecule is COc1ccc(CNC(=O)c2ccc3nc(N)sc3c2)cc1OC. The molecular weight excluding hydrogens is 326 g/mol. The average molecular weight is 343 g/mol. The van der Waals surface area contributed by atoms with Gasteiger partial charge < -0.3 is 20.5 Å². The summed E-state index contributed by atoms with van der Waals surface area (Å²) in [5, 5.41) is 3.39. The number of thiazole rings is 1. The van der Waals surface area contributed by atoms with Gasteiger partial charge in [0.15, 0.2) is 16.6 Å². The number of methoxy groups -OCH3 is 2. The van der Waals surface area contributed by atoms with E-state index in [4.69, 9.17) is 15.2 Å². The van der Waals surface area contributed by atoms with Gasteiger partial charge in [-0.15, -0.1) is 0 Å². The maximum atomic E-state index is 12.3. The van der Waals surface area contributed by atoms with Crippen LogP contribution in [-0.2, 0) is 6.54 Å². The molecule has 0 aliphatic heterocycles. The van der Waals surface area contributed by atoms with Gasteiger partial charge in [0.1, 0.15) is 0 Å². The highest BCUT2D eigenvalue weighted by atomic mass is 32.1. The molecule has 0 atom stereocenters. The largest absolute Gasteiger partial charge is 0.493 e. The number of anilines is 1. The Labute approximate surface area is 143 Å². The Morgan fingerprint density at radius 3 is 2.71 bits per heavy atom. The van der Waals surface area contributed by atoms with Gasteiger partial charge in [-0.05, 0) is 35.9 Å². The van der Waals surface area contributed by atoms with E-state index in [1.807, 2.05) is 18.2 Å². The number of hydrogen-bond acceptors (Lipinski definition) is 6. The molecule has 124 valence electrons. The molecule has 3 aromatic rings. The first-order valence-corrected chi connectivity index (χ1v) is 8.07. The number of aromatic nitrogens is 1. The zero-order valence-electron chi connectivity index (χ0n) is 13.3. The Hall–Kier alpha value is -2.80. The van der Waals surface area contributed by atoms with Gasteiger partial charge in [0.2, 0.25) is 0 Å². The maximum absolute atomic E-state index is 12.3. The summed E-state index contributed by atoms with van der Waals surface area (Å²) in [6.07, 6.45) is 0. The minimum absolute atomic E-state index is 0.154. The molecular formula is C17H17N3O3S. The fourth-order valence-corrected chi connectivity index (χ4v) is 3.13. The lowest BCUT2D eigenvalue weighted by Crippen LogP contribution is -2.22. The summed E-state index contributed by atoms with van der Waals surface area (Å²) in [5.41, 5.74) is 7.98. The summed E-state index contributed by atoms with van der Waals surface area (Å²) in [6, 6.07) is 10.9. The van der Waals surface area contributed by atoms with Crippen LogP contribution < -0.4 is 20.5 Å². The van der Waals surface area contributed by atoms with Crippen LogP contribution in [0.5, 0.6) is 11.5 Å². The number of amides is 1. The number of carbonyl (C=O) groups is 1. The third-order valence-electron chi connectivity index (χ3n) is 3.57. The third-order valence-corrected chi connectivity index (χ3v) is 4.42. The molecule has 0 bridgehead atoms. The van der Waals surface area contributed by atoms with Crippen LogP contribution in [0, 0.1) is 0 Å². The molecule has 0 saturated carbocycles. The molecule has 3 N–H and O–H groups in total. The number of fused-ring (bicyclic) bond motifs is 1. The quantitative estimate of drug-likeness (QED) is 0.744. The molecule has 0 aliphatic carbocycles. The van der Waals surface area contributed by atoms with Crippen LogP contribution in [-0.4, -0.2) is 25.1 Å². The highest BCUT2D eigenvalue weighted by Crippen LogP contribution is 2.27. The van der Waals surface area contributed by atoms with Gasteiger partial charge in [-0.1, -0.05) is 17.4 Å². The first-order valence-electron chi connectivity index (χ1n) is 7.26.